The number of nitrogens with zero attached hydrogens (tertiary/aromatic N) is 4. The van der Waals surface area contributed by atoms with E-state index >= 15 is 0 Å². The van der Waals surface area contributed by atoms with Gasteiger partial charge in [-0.3, -0.25) is 4.55 Å². The molecule has 0 saturated carbocycles. The number of nitrogens with two attached hydrogens (primary N) is 2. The fourth-order valence-corrected chi connectivity index (χ4v) is 7.25. The third kappa shape index (κ3) is 6.26. The Bertz CT molecular complexity index is 2390. The molecule has 0 saturated heterocycles. The van der Waals surface area contributed by atoms with E-state index in [2.05, 4.69) is 20.5 Å². The number of benzene rings is 6. The van der Waals surface area contributed by atoms with E-state index in [1.807, 2.05) is 44.2 Å². The van der Waals surface area contributed by atoms with Crippen LogP contribution in [0.25, 0.3) is 32.7 Å². The molecule has 0 fully saturated rings. The van der Waals surface area contributed by atoms with Crippen molar-refractivity contribution in [3.63, 3.8) is 0 Å². The molecule has 0 aliphatic rings. The second-order valence-corrected chi connectivity index (χ2v) is 14.7. The minimum absolute atomic E-state index is 0.113. The number of nitrogen functional groups attached to an aromatic ring is 2. The maximum atomic E-state index is 12.5. The fourth-order valence-electron chi connectivity index (χ4n) is 5.63. The number of aryl methyl sites for hydroxylation is 2. The molecule has 6 aromatic rings. The first kappa shape index (κ1) is 32.4. The van der Waals surface area contributed by atoms with Gasteiger partial charge in [0.05, 0.1) is 27.6 Å². The minimum Gasteiger partial charge on any atom is -0.396 e. The van der Waals surface area contributed by atoms with Gasteiger partial charge in [-0.1, -0.05) is 60.7 Å². The molecule has 6 rings (SSSR count). The standard InChI is InChI=1S/C35H30N6O5S2/c1-20-16-22(38-40-30-18-32(47(3,42)43)26-8-4-6-10-28(26)34(30)36)12-14-24(20)25-15-13-23(17-21(25)2)39-41-31-19-33(48(44,45)46)27-9-5-7-11-29(27)35(31)37/h4-19H,36-37H2,1-3H3,(H,44,45,46). The van der Waals surface area contributed by atoms with Crippen LogP contribution in [-0.2, 0) is 20.0 Å². The zero-order chi connectivity index (χ0) is 34.4. The quantitative estimate of drug-likeness (QED) is 0.0852. The van der Waals surface area contributed by atoms with E-state index in [9.17, 15) is 21.4 Å². The predicted octanol–water partition coefficient (Wildman–Crippen LogP) is 8.92. The van der Waals surface area contributed by atoms with Crippen LogP contribution in [0.4, 0.5) is 34.1 Å². The molecule has 0 aliphatic heterocycles. The monoisotopic (exact) mass is 678 g/mol. The molecule has 0 spiro atoms. The third-order valence-electron chi connectivity index (χ3n) is 7.99. The van der Waals surface area contributed by atoms with Crippen LogP contribution in [0.1, 0.15) is 11.1 Å². The molecular formula is C35H30N6O5S2. The summed E-state index contributed by atoms with van der Waals surface area (Å²) in [5.41, 5.74) is 18.4. The number of rotatable bonds is 7. The molecule has 11 nitrogen and oxygen atoms in total. The Morgan fingerprint density at radius 2 is 0.938 bits per heavy atom. The Labute approximate surface area is 277 Å². The van der Waals surface area contributed by atoms with E-state index < -0.39 is 20.0 Å². The lowest BCUT2D eigenvalue weighted by Crippen LogP contribution is -2.01. The van der Waals surface area contributed by atoms with Crippen LogP contribution < -0.4 is 11.5 Å². The molecule has 0 aromatic heterocycles. The highest BCUT2D eigenvalue weighted by Gasteiger charge is 2.19. The minimum atomic E-state index is -4.53. The van der Waals surface area contributed by atoms with Gasteiger partial charge in [0.15, 0.2) is 9.84 Å². The summed E-state index contributed by atoms with van der Waals surface area (Å²) in [6.07, 6.45) is 1.15. The van der Waals surface area contributed by atoms with Gasteiger partial charge in [-0.25, -0.2) is 8.42 Å². The number of hydrogen-bond acceptors (Lipinski definition) is 10. The maximum Gasteiger partial charge on any atom is 0.295 e. The number of azo groups is 2. The van der Waals surface area contributed by atoms with Crippen molar-refractivity contribution in [3.05, 3.63) is 108 Å². The van der Waals surface area contributed by atoms with Crippen molar-refractivity contribution in [1.82, 2.24) is 0 Å². The number of hydrogen-bond donors (Lipinski definition) is 3. The summed E-state index contributed by atoms with van der Waals surface area (Å²) in [4.78, 5) is -0.166. The van der Waals surface area contributed by atoms with Gasteiger partial charge >= 0.3 is 0 Å². The van der Waals surface area contributed by atoms with Crippen LogP contribution in [0.5, 0.6) is 0 Å². The van der Waals surface area contributed by atoms with Crippen molar-refractivity contribution in [2.75, 3.05) is 17.7 Å². The Balaban J connectivity index is 1.28. The van der Waals surface area contributed by atoms with Crippen molar-refractivity contribution in [2.45, 2.75) is 23.6 Å². The van der Waals surface area contributed by atoms with Crippen LogP contribution in [-0.4, -0.2) is 27.6 Å². The predicted molar refractivity (Wildman–Crippen MR) is 189 cm³/mol. The first-order valence-corrected chi connectivity index (χ1v) is 17.9. The highest BCUT2D eigenvalue weighted by molar-refractivity contribution is 7.91. The fraction of sp³-hybridized carbons (Fsp3) is 0.0857. The van der Waals surface area contributed by atoms with Crippen LogP contribution >= 0.6 is 0 Å². The lowest BCUT2D eigenvalue weighted by Gasteiger charge is -2.11. The Hall–Kier alpha value is -5.50. The molecule has 48 heavy (non-hydrogen) atoms. The largest absolute Gasteiger partial charge is 0.396 e. The van der Waals surface area contributed by atoms with Gasteiger partial charge in [0, 0.05) is 27.8 Å². The molecule has 242 valence electrons. The normalized spacial score (nSPS) is 12.5. The number of fused-ring (bicyclic) bond motifs is 2. The Kier molecular flexibility index (Phi) is 8.29. The van der Waals surface area contributed by atoms with Crippen LogP contribution in [0.15, 0.2) is 127 Å². The first-order valence-electron chi connectivity index (χ1n) is 14.6. The van der Waals surface area contributed by atoms with Crippen molar-refractivity contribution < 1.29 is 21.4 Å². The molecule has 5 N–H and O–H groups in total. The van der Waals surface area contributed by atoms with Crippen LogP contribution in [0.2, 0.25) is 0 Å². The zero-order valence-electron chi connectivity index (χ0n) is 26.1. The molecule has 0 amide bonds. The van der Waals surface area contributed by atoms with E-state index in [0.29, 0.717) is 38.6 Å². The highest BCUT2D eigenvalue weighted by atomic mass is 32.2. The van der Waals surface area contributed by atoms with Crippen molar-refractivity contribution in [3.8, 4) is 11.1 Å². The van der Waals surface area contributed by atoms with Gasteiger partial charge in [-0.2, -0.15) is 18.6 Å². The maximum absolute atomic E-state index is 12.5. The van der Waals surface area contributed by atoms with Gasteiger partial charge in [0.1, 0.15) is 16.3 Å². The highest BCUT2D eigenvalue weighted by Crippen LogP contribution is 2.39. The van der Waals surface area contributed by atoms with Gasteiger partial charge in [-0.15, -0.1) is 10.2 Å². The van der Waals surface area contributed by atoms with Crippen molar-refractivity contribution >= 4 is 75.6 Å². The molecule has 0 unspecified atom stereocenters. The molecule has 0 bridgehead atoms. The summed E-state index contributed by atoms with van der Waals surface area (Å²) < 4.78 is 58.9. The number of anilines is 2. The summed E-state index contributed by atoms with van der Waals surface area (Å²) in [6.45, 7) is 3.88. The molecule has 13 heteroatoms. The van der Waals surface area contributed by atoms with Crippen molar-refractivity contribution in [2.24, 2.45) is 20.5 Å². The molecule has 0 aliphatic carbocycles. The molecule has 6 aromatic carbocycles. The summed E-state index contributed by atoms with van der Waals surface area (Å²) in [5.74, 6) is 0. The Morgan fingerprint density at radius 3 is 1.33 bits per heavy atom. The summed E-state index contributed by atoms with van der Waals surface area (Å²) in [7, 11) is -8.08. The molecular weight excluding hydrogens is 649 g/mol. The second-order valence-electron chi connectivity index (χ2n) is 11.4. The second kappa shape index (κ2) is 12.3. The zero-order valence-corrected chi connectivity index (χ0v) is 27.7. The SMILES string of the molecule is Cc1cc(N=Nc2cc(S(C)(=O)=O)c3ccccc3c2N)ccc1-c1ccc(N=Nc2cc(S(=O)(=O)O)c3ccccc3c2N)cc1C. The summed E-state index contributed by atoms with van der Waals surface area (Å²) in [6, 6.07) is 27.4. The third-order valence-corrected chi connectivity index (χ3v) is 10.0. The molecule has 0 atom stereocenters. The lowest BCUT2D eigenvalue weighted by atomic mass is 9.96. The molecule has 0 radical (unpaired) electrons. The molecule has 0 heterocycles. The lowest BCUT2D eigenvalue weighted by molar-refractivity contribution is 0.484. The Morgan fingerprint density at radius 1 is 0.542 bits per heavy atom. The van der Waals surface area contributed by atoms with Crippen LogP contribution in [0, 0.1) is 13.8 Å². The average Bonchev–Trinajstić information content (AvgIpc) is 3.03. The number of sulfone groups is 1. The summed E-state index contributed by atoms with van der Waals surface area (Å²) in [5, 5.41) is 19.0. The van der Waals surface area contributed by atoms with Crippen LogP contribution in [0.3, 0.4) is 0 Å². The van der Waals surface area contributed by atoms with Gasteiger partial charge < -0.3 is 11.5 Å². The smallest absolute Gasteiger partial charge is 0.295 e. The van der Waals surface area contributed by atoms with E-state index in [1.54, 1.807) is 54.6 Å². The average molecular weight is 679 g/mol. The topological polar surface area (TPSA) is 190 Å². The van der Waals surface area contributed by atoms with E-state index in [1.165, 1.54) is 12.1 Å². The van der Waals surface area contributed by atoms with E-state index in [-0.39, 0.29) is 26.9 Å². The first-order chi connectivity index (χ1) is 22.7. The van der Waals surface area contributed by atoms with E-state index in [4.69, 9.17) is 11.5 Å². The van der Waals surface area contributed by atoms with Gasteiger partial charge in [-0.05, 0) is 72.5 Å². The van der Waals surface area contributed by atoms with Gasteiger partial charge in [0.2, 0.25) is 0 Å². The van der Waals surface area contributed by atoms with Crippen molar-refractivity contribution in [1.29, 1.82) is 0 Å². The van der Waals surface area contributed by atoms with Gasteiger partial charge in [0.25, 0.3) is 10.1 Å². The van der Waals surface area contributed by atoms with E-state index in [0.717, 1.165) is 28.5 Å². The summed E-state index contributed by atoms with van der Waals surface area (Å²) >= 11 is 0.